The Labute approximate surface area is 583 Å². The Morgan fingerprint density at radius 3 is 0.484 bits per heavy atom. The Bertz CT molecular complexity index is 3360. The van der Waals surface area contributed by atoms with Gasteiger partial charge in [0.15, 0.2) is 16.3 Å². The summed E-state index contributed by atoms with van der Waals surface area (Å²) in [5.41, 5.74) is 0.417. The minimum Gasteiger partial charge on any atom is -0.289 e. The molecule has 12 aromatic rings. The van der Waals surface area contributed by atoms with Crippen molar-refractivity contribution in [2.45, 2.75) is 143 Å². The molecule has 510 valence electrons. The van der Waals surface area contributed by atoms with E-state index in [1.165, 1.54) is 0 Å². The minimum atomic E-state index is -2.67. The molecule has 0 aliphatic heterocycles. The summed E-state index contributed by atoms with van der Waals surface area (Å²) < 4.78 is 35.2. The molecule has 0 fully saturated rings. The molecule has 0 atom stereocenters. The van der Waals surface area contributed by atoms with Gasteiger partial charge in [0.05, 0.1) is 0 Å². The number of hydrogen-bond donors (Lipinski definition) is 1. The molecule has 0 N–H and O–H groups in total. The topological polar surface area (TPSA) is 102 Å². The van der Waals surface area contributed by atoms with Gasteiger partial charge in [-0.05, 0) is 84.9 Å². The van der Waals surface area contributed by atoms with E-state index >= 15 is 0 Å². The zero-order valence-corrected chi connectivity index (χ0v) is 65.6. The number of benzene rings is 9. The van der Waals surface area contributed by atoms with Crippen molar-refractivity contribution in [3.8, 4) is 0 Å². The summed E-state index contributed by atoms with van der Waals surface area (Å²) >= 11 is 9.08. The highest BCUT2D eigenvalue weighted by atomic mass is 32.2. The van der Waals surface area contributed by atoms with Crippen LogP contribution in [-0.2, 0) is 20.6 Å². The summed E-state index contributed by atoms with van der Waals surface area (Å²) in [4.78, 5) is 37.3. The first-order chi connectivity index (χ1) is 45.2. The lowest BCUT2D eigenvalue weighted by Gasteiger charge is -1.99. The van der Waals surface area contributed by atoms with E-state index in [9.17, 15) is 27.0 Å². The van der Waals surface area contributed by atoms with Crippen molar-refractivity contribution in [2.24, 2.45) is 0 Å². The highest BCUT2D eigenvalue weighted by Crippen LogP contribution is 2.26. The number of rotatable bonds is 0. The second-order valence-electron chi connectivity index (χ2n) is 15.8. The quantitative estimate of drug-likeness (QED) is 0.120. The maximum atomic E-state index is 12.1. The van der Waals surface area contributed by atoms with Crippen LogP contribution < -0.4 is 16.3 Å². The maximum absolute atomic E-state index is 12.1. The van der Waals surface area contributed by atoms with Gasteiger partial charge in [-0.1, -0.05) is 302 Å². The third kappa shape index (κ3) is 44.4. The summed E-state index contributed by atoms with van der Waals surface area (Å²) in [5, 5.41) is 4.92. The van der Waals surface area contributed by atoms with E-state index in [-0.39, 0.29) is 16.3 Å². The lowest BCUT2D eigenvalue weighted by atomic mass is 10.2. The van der Waals surface area contributed by atoms with Gasteiger partial charge in [0.1, 0.15) is 9.84 Å². The van der Waals surface area contributed by atoms with Crippen molar-refractivity contribution in [3.63, 3.8) is 0 Å². The molecule has 0 saturated carbocycles. The van der Waals surface area contributed by atoms with Crippen molar-refractivity contribution in [2.75, 3.05) is 25.0 Å². The van der Waals surface area contributed by atoms with Crippen LogP contribution in [0.25, 0.3) is 60.5 Å². The van der Waals surface area contributed by atoms with Crippen molar-refractivity contribution < 1.29 is 12.6 Å². The molecule has 0 aliphatic rings. The molecule has 3 heterocycles. The molecule has 12 rings (SSSR count). The van der Waals surface area contributed by atoms with Crippen LogP contribution in [0.4, 0.5) is 0 Å². The van der Waals surface area contributed by atoms with Gasteiger partial charge in [-0.25, -0.2) is 8.42 Å². The number of sulfone groups is 1. The summed E-state index contributed by atoms with van der Waals surface area (Å²) in [5.74, 6) is 0. The van der Waals surface area contributed by atoms with Gasteiger partial charge in [0, 0.05) is 101 Å². The Morgan fingerprint density at radius 2 is 0.366 bits per heavy atom. The molecule has 0 saturated heterocycles. The van der Waals surface area contributed by atoms with Gasteiger partial charge in [-0.15, -0.1) is 46.6 Å². The van der Waals surface area contributed by atoms with E-state index in [0.717, 1.165) is 77.9 Å². The average Bonchev–Trinajstić information content (AvgIpc) is 0.882. The highest BCUT2D eigenvalue weighted by molar-refractivity contribution is 7.89. The van der Waals surface area contributed by atoms with E-state index < -0.39 is 20.6 Å². The number of fused-ring (bicyclic) bond motifs is 6. The van der Waals surface area contributed by atoms with Crippen LogP contribution in [0.5, 0.6) is 0 Å². The zero-order valence-electron chi connectivity index (χ0n) is 60.6. The smallest absolute Gasteiger partial charge is 0.195 e. The predicted octanol–water partition coefficient (Wildman–Crippen LogP) is 25.5. The molecule has 0 spiro atoms. The van der Waals surface area contributed by atoms with E-state index in [4.69, 9.17) is 0 Å². The van der Waals surface area contributed by atoms with Crippen molar-refractivity contribution in [1.29, 1.82) is 0 Å². The molecule has 0 amide bonds. The third-order valence-electron chi connectivity index (χ3n) is 9.54. The first-order valence-corrected chi connectivity index (χ1v) is 39.7. The van der Waals surface area contributed by atoms with Gasteiger partial charge < -0.3 is 0 Å². The minimum absolute atomic E-state index is 0.139. The molecule has 93 heavy (non-hydrogen) atoms. The molecule has 0 bridgehead atoms. The van der Waals surface area contributed by atoms with Crippen molar-refractivity contribution >= 4 is 128 Å². The van der Waals surface area contributed by atoms with E-state index in [1.807, 2.05) is 387 Å². The second-order valence-corrected chi connectivity index (χ2v) is 23.3. The van der Waals surface area contributed by atoms with E-state index in [1.54, 1.807) is 46.5 Å². The Morgan fingerprint density at radius 1 is 0.258 bits per heavy atom. The normalized spacial score (nSPS) is 8.62. The lowest BCUT2D eigenvalue weighted by molar-refractivity contribution is 0.607. The van der Waals surface area contributed by atoms with Crippen LogP contribution in [0.15, 0.2) is 268 Å². The summed E-state index contributed by atoms with van der Waals surface area (Å²) in [6, 6.07) is 80.3. The monoisotopic (exact) mass is 1370 g/mol. The van der Waals surface area contributed by atoms with Crippen LogP contribution >= 0.6 is 46.6 Å². The largest absolute Gasteiger partial charge is 0.289 e. The molecule has 3 aromatic heterocycles. The van der Waals surface area contributed by atoms with E-state index in [2.05, 4.69) is 12.6 Å². The molecule has 6 nitrogen and oxygen atoms in total. The molecule has 0 aliphatic carbocycles. The van der Waals surface area contributed by atoms with Crippen LogP contribution in [0.2, 0.25) is 0 Å². The summed E-state index contributed by atoms with van der Waals surface area (Å²) in [6.07, 6.45) is 5.60. The highest BCUT2D eigenvalue weighted by Gasteiger charge is 2.06. The average molecular weight is 1380 g/mol. The molecule has 0 radical (unpaired) electrons. The zero-order chi connectivity index (χ0) is 72.4. The standard InChI is InChI=1S/3C13H8OS.C6H6S.2C6H6.C2H6O2S.C2H6OS.10C2H6/c3*14-13-9-5-1-3-7-11(9)15-12-8-4-2-6-10(12)13;7-6-4-2-1-3-5-6;2*1-2-4-6-5-3-1;1-5(2,3)4;1-4(2)3;10*1-2/h3*1-8H;1-5,7H;2*1-6H;1-2H3;1-2H3;10*1-2H3. The fourth-order valence-electron chi connectivity index (χ4n) is 6.45. The Kier molecular flexibility index (Phi) is 71.0. The van der Waals surface area contributed by atoms with Crippen molar-refractivity contribution in [3.05, 3.63) is 279 Å². The van der Waals surface area contributed by atoms with Crippen molar-refractivity contribution in [1.82, 2.24) is 0 Å². The molecule has 0 unspecified atom stereocenters. The molecule has 12 heteroatoms. The maximum Gasteiger partial charge on any atom is 0.195 e. The molecular formula is C81H114O6S6. The van der Waals surface area contributed by atoms with E-state index in [0.29, 0.717) is 0 Å². The number of thiol groups is 1. The van der Waals surface area contributed by atoms with Gasteiger partial charge in [0.2, 0.25) is 0 Å². The number of hydrogen-bond acceptors (Lipinski definition) is 10. The third-order valence-corrected chi connectivity index (χ3v) is 13.3. The summed E-state index contributed by atoms with van der Waals surface area (Å²) in [7, 11) is -3.28. The SMILES string of the molecule is CC.CC.CC.CC.CC.CC.CC.CC.CC.CC.CS(C)(=O)=O.CS(C)=O.O=c1c2ccccc2sc2ccccc12.O=c1c2ccccc2sc2ccccc12.O=c1c2ccccc2sc2ccccc12.Sc1ccccc1.c1ccccc1.c1ccccc1. The van der Waals surface area contributed by atoms with Gasteiger partial charge in [-0.3, -0.25) is 18.6 Å². The van der Waals surface area contributed by atoms with Gasteiger partial charge in [0.25, 0.3) is 0 Å². The van der Waals surface area contributed by atoms with Crippen LogP contribution in [0, 0.1) is 0 Å². The lowest BCUT2D eigenvalue weighted by Crippen LogP contribution is -1.99. The molecular weight excluding hydrogens is 1260 g/mol. The Balaban J connectivity index is -0.000000231. The second kappa shape index (κ2) is 68.0. The van der Waals surface area contributed by atoms with Gasteiger partial charge >= 0.3 is 0 Å². The molecule has 9 aromatic carbocycles. The first-order valence-electron chi connectivity index (χ1n) is 32.6. The summed E-state index contributed by atoms with van der Waals surface area (Å²) in [6.45, 7) is 40.0. The van der Waals surface area contributed by atoms with Crippen LogP contribution in [0.1, 0.15) is 138 Å². The van der Waals surface area contributed by atoms with Gasteiger partial charge in [-0.2, -0.15) is 0 Å². The van der Waals surface area contributed by atoms with Crippen LogP contribution in [-0.4, -0.2) is 37.6 Å². The first kappa shape index (κ1) is 97.2. The fourth-order valence-corrected chi connectivity index (χ4v) is 9.83. The predicted molar refractivity (Wildman–Crippen MR) is 438 cm³/mol. The Hall–Kier alpha value is -6.90. The fraction of sp³-hybridized carbons (Fsp3) is 0.296. The van der Waals surface area contributed by atoms with Crippen LogP contribution in [0.3, 0.4) is 0 Å².